The Labute approximate surface area is 108 Å². The first kappa shape index (κ1) is 13.0. The van der Waals surface area contributed by atoms with Crippen LogP contribution in [-0.4, -0.2) is 40.1 Å². The predicted molar refractivity (Wildman–Crippen MR) is 69.1 cm³/mol. The van der Waals surface area contributed by atoms with Crippen molar-refractivity contribution in [1.82, 2.24) is 9.88 Å². The van der Waals surface area contributed by atoms with Crippen molar-refractivity contribution in [2.24, 2.45) is 0 Å². The van der Waals surface area contributed by atoms with Gasteiger partial charge < -0.3 is 10.0 Å². The zero-order chi connectivity index (χ0) is 13.0. The van der Waals surface area contributed by atoms with Crippen LogP contribution in [0.2, 0.25) is 0 Å². The average molecular weight is 248 g/mol. The smallest absolute Gasteiger partial charge is 0.228 e. The molecule has 0 aliphatic carbocycles. The minimum atomic E-state index is -0.00438. The Morgan fingerprint density at radius 1 is 1.56 bits per heavy atom. The molecule has 1 atom stereocenters. The summed E-state index contributed by atoms with van der Waals surface area (Å²) in [7, 11) is 0. The van der Waals surface area contributed by atoms with Crippen LogP contribution < -0.4 is 0 Å². The van der Waals surface area contributed by atoms with E-state index in [4.69, 9.17) is 0 Å². The first-order valence-electron chi connectivity index (χ1n) is 6.53. The maximum absolute atomic E-state index is 12.3. The summed E-state index contributed by atoms with van der Waals surface area (Å²) in [5, 5.41) is 9.32. The van der Waals surface area contributed by atoms with Crippen LogP contribution in [0.5, 0.6) is 0 Å². The second-order valence-corrected chi connectivity index (χ2v) is 4.86. The molecule has 0 radical (unpaired) electrons. The van der Waals surface area contributed by atoms with Crippen LogP contribution in [-0.2, 0) is 11.2 Å². The van der Waals surface area contributed by atoms with E-state index in [0.29, 0.717) is 6.42 Å². The van der Waals surface area contributed by atoms with E-state index in [1.807, 2.05) is 24.0 Å². The fraction of sp³-hybridized carbons (Fsp3) is 0.571. The van der Waals surface area contributed by atoms with E-state index in [1.54, 1.807) is 6.20 Å². The van der Waals surface area contributed by atoms with E-state index in [-0.39, 0.29) is 18.6 Å². The van der Waals surface area contributed by atoms with E-state index in [9.17, 15) is 9.90 Å². The highest BCUT2D eigenvalue weighted by atomic mass is 16.3. The van der Waals surface area contributed by atoms with Crippen LogP contribution in [0.4, 0.5) is 0 Å². The van der Waals surface area contributed by atoms with E-state index >= 15 is 0 Å². The quantitative estimate of drug-likeness (QED) is 0.877. The number of aromatic nitrogens is 1. The number of aliphatic hydroxyl groups is 1. The highest BCUT2D eigenvalue weighted by molar-refractivity contribution is 5.79. The minimum Gasteiger partial charge on any atom is -0.394 e. The lowest BCUT2D eigenvalue weighted by molar-refractivity contribution is -0.135. The molecule has 1 amide bonds. The Balaban J connectivity index is 2.05. The van der Waals surface area contributed by atoms with Crippen LogP contribution in [0.15, 0.2) is 18.3 Å². The molecular formula is C14H20N2O2. The van der Waals surface area contributed by atoms with E-state index < -0.39 is 0 Å². The molecule has 4 nitrogen and oxygen atoms in total. The summed E-state index contributed by atoms with van der Waals surface area (Å²) < 4.78 is 0. The molecule has 1 N–H and O–H groups in total. The number of aliphatic hydroxyl groups excluding tert-OH is 1. The fourth-order valence-corrected chi connectivity index (χ4v) is 2.47. The van der Waals surface area contributed by atoms with Gasteiger partial charge in [-0.3, -0.25) is 9.78 Å². The maximum Gasteiger partial charge on any atom is 0.228 e. The van der Waals surface area contributed by atoms with Gasteiger partial charge in [-0.25, -0.2) is 0 Å². The van der Waals surface area contributed by atoms with Gasteiger partial charge in [0.15, 0.2) is 0 Å². The van der Waals surface area contributed by atoms with Crippen molar-refractivity contribution in [2.75, 3.05) is 13.2 Å². The van der Waals surface area contributed by atoms with Crippen molar-refractivity contribution in [3.8, 4) is 0 Å². The number of carbonyl (C=O) groups is 1. The number of rotatable bonds is 3. The molecule has 0 saturated carbocycles. The number of aryl methyl sites for hydroxylation is 1. The Bertz CT molecular complexity index is 420. The van der Waals surface area contributed by atoms with Crippen molar-refractivity contribution < 1.29 is 9.90 Å². The standard InChI is InChI=1S/C14H20N2O2/c1-11-5-4-7-15-13(11)9-14(18)16-8-3-2-6-12(16)10-17/h4-5,7,12,17H,2-3,6,8-10H2,1H3. The van der Waals surface area contributed by atoms with Gasteiger partial charge in [-0.1, -0.05) is 6.07 Å². The first-order chi connectivity index (χ1) is 8.72. The number of likely N-dealkylation sites (tertiary alicyclic amines) is 1. The van der Waals surface area contributed by atoms with Gasteiger partial charge in [-0.2, -0.15) is 0 Å². The molecule has 2 rings (SSSR count). The molecule has 1 aliphatic rings. The van der Waals surface area contributed by atoms with E-state index in [0.717, 1.165) is 37.1 Å². The van der Waals surface area contributed by atoms with Crippen molar-refractivity contribution in [3.63, 3.8) is 0 Å². The molecule has 1 fully saturated rings. The molecule has 4 heteroatoms. The second kappa shape index (κ2) is 5.96. The van der Waals surface area contributed by atoms with E-state index in [1.165, 1.54) is 0 Å². The fourth-order valence-electron chi connectivity index (χ4n) is 2.47. The number of hydrogen-bond donors (Lipinski definition) is 1. The van der Waals surface area contributed by atoms with Crippen LogP contribution in [0.3, 0.4) is 0 Å². The highest BCUT2D eigenvalue weighted by Gasteiger charge is 2.26. The van der Waals surface area contributed by atoms with Crippen LogP contribution >= 0.6 is 0 Å². The van der Waals surface area contributed by atoms with Gasteiger partial charge in [0.05, 0.1) is 24.8 Å². The van der Waals surface area contributed by atoms with Gasteiger partial charge in [-0.15, -0.1) is 0 Å². The number of hydrogen-bond acceptors (Lipinski definition) is 3. The first-order valence-corrected chi connectivity index (χ1v) is 6.53. The Hall–Kier alpha value is -1.42. The van der Waals surface area contributed by atoms with Gasteiger partial charge in [0.25, 0.3) is 0 Å². The van der Waals surface area contributed by atoms with Crippen molar-refractivity contribution in [3.05, 3.63) is 29.6 Å². The predicted octanol–water partition coefficient (Wildman–Crippen LogP) is 1.31. The molecular weight excluding hydrogens is 228 g/mol. The molecule has 18 heavy (non-hydrogen) atoms. The summed E-state index contributed by atoms with van der Waals surface area (Å²) in [6.07, 6.45) is 5.09. The molecule has 0 aromatic carbocycles. The third-order valence-electron chi connectivity index (χ3n) is 3.59. The molecule has 1 saturated heterocycles. The molecule has 1 aromatic rings. The zero-order valence-corrected chi connectivity index (χ0v) is 10.8. The summed E-state index contributed by atoms with van der Waals surface area (Å²) in [4.78, 5) is 18.3. The van der Waals surface area contributed by atoms with Crippen LogP contribution in [0.25, 0.3) is 0 Å². The molecule has 98 valence electrons. The summed E-state index contributed by atoms with van der Waals surface area (Å²) in [6, 6.07) is 3.84. The summed E-state index contributed by atoms with van der Waals surface area (Å²) in [5.74, 6) is 0.0792. The van der Waals surface area contributed by atoms with Crippen molar-refractivity contribution in [1.29, 1.82) is 0 Å². The second-order valence-electron chi connectivity index (χ2n) is 4.86. The normalized spacial score (nSPS) is 19.9. The third-order valence-corrected chi connectivity index (χ3v) is 3.59. The Morgan fingerprint density at radius 2 is 2.39 bits per heavy atom. The van der Waals surface area contributed by atoms with Gasteiger partial charge in [-0.05, 0) is 37.8 Å². The number of amides is 1. The van der Waals surface area contributed by atoms with Crippen molar-refractivity contribution >= 4 is 5.91 Å². The minimum absolute atomic E-state index is 0.00438. The SMILES string of the molecule is Cc1cccnc1CC(=O)N1CCCCC1CO. The summed E-state index contributed by atoms with van der Waals surface area (Å²) in [5.41, 5.74) is 1.88. The third kappa shape index (κ3) is 2.88. The van der Waals surface area contributed by atoms with Gasteiger partial charge in [0, 0.05) is 12.7 Å². The summed E-state index contributed by atoms with van der Waals surface area (Å²) in [6.45, 7) is 2.79. The lowest BCUT2D eigenvalue weighted by Gasteiger charge is -2.34. The van der Waals surface area contributed by atoms with Gasteiger partial charge in [0.2, 0.25) is 5.91 Å². The largest absolute Gasteiger partial charge is 0.394 e. The average Bonchev–Trinajstić information content (AvgIpc) is 2.41. The maximum atomic E-state index is 12.3. The van der Waals surface area contributed by atoms with Crippen LogP contribution in [0.1, 0.15) is 30.5 Å². The number of pyridine rings is 1. The molecule has 2 heterocycles. The monoisotopic (exact) mass is 248 g/mol. The summed E-state index contributed by atoms with van der Waals surface area (Å²) >= 11 is 0. The number of nitrogens with zero attached hydrogens (tertiary/aromatic N) is 2. The molecule has 1 aliphatic heterocycles. The lowest BCUT2D eigenvalue weighted by Crippen LogP contribution is -2.46. The number of carbonyl (C=O) groups excluding carboxylic acids is 1. The van der Waals surface area contributed by atoms with Gasteiger partial charge in [0.1, 0.15) is 0 Å². The number of piperidine rings is 1. The van der Waals surface area contributed by atoms with Crippen LogP contribution in [0, 0.1) is 6.92 Å². The zero-order valence-electron chi connectivity index (χ0n) is 10.8. The Morgan fingerprint density at radius 3 is 3.11 bits per heavy atom. The molecule has 1 unspecified atom stereocenters. The van der Waals surface area contributed by atoms with Crippen molar-refractivity contribution in [2.45, 2.75) is 38.6 Å². The topological polar surface area (TPSA) is 53.4 Å². The highest BCUT2D eigenvalue weighted by Crippen LogP contribution is 2.18. The molecule has 0 spiro atoms. The lowest BCUT2D eigenvalue weighted by atomic mass is 10.0. The Kier molecular flexibility index (Phi) is 4.31. The van der Waals surface area contributed by atoms with Gasteiger partial charge >= 0.3 is 0 Å². The molecule has 1 aromatic heterocycles. The molecule has 0 bridgehead atoms. The van der Waals surface area contributed by atoms with E-state index in [2.05, 4.69) is 4.98 Å².